The summed E-state index contributed by atoms with van der Waals surface area (Å²) in [4.78, 5) is 4.33. The number of aryl methyl sites for hydroxylation is 1. The third-order valence-electron chi connectivity index (χ3n) is 2.67. The van der Waals surface area contributed by atoms with Crippen LogP contribution < -0.4 is 15.8 Å². The predicted molar refractivity (Wildman–Crippen MR) is 86.8 cm³/mol. The summed E-state index contributed by atoms with van der Waals surface area (Å²) in [5, 5.41) is 2.99. The number of methoxy groups -OCH3 is 1. The van der Waals surface area contributed by atoms with E-state index in [0.717, 1.165) is 16.9 Å². The van der Waals surface area contributed by atoms with Crippen molar-refractivity contribution in [2.24, 2.45) is 10.7 Å². The van der Waals surface area contributed by atoms with Crippen LogP contribution in [0.4, 0.5) is 0 Å². The molecular formula is C16H27N3O2. The number of nitrogens with one attached hydrogen (secondary N) is 1. The second kappa shape index (κ2) is 7.88. The molecule has 0 unspecified atom stereocenters. The third kappa shape index (κ3) is 6.99. The minimum absolute atomic E-state index is 0.242. The molecule has 21 heavy (non-hydrogen) atoms. The van der Waals surface area contributed by atoms with Gasteiger partial charge in [-0.1, -0.05) is 12.1 Å². The van der Waals surface area contributed by atoms with Crippen molar-refractivity contribution < 1.29 is 9.47 Å². The van der Waals surface area contributed by atoms with Gasteiger partial charge in [0.25, 0.3) is 0 Å². The summed E-state index contributed by atoms with van der Waals surface area (Å²) in [5.41, 5.74) is 7.75. The zero-order chi connectivity index (χ0) is 15.9. The number of nitrogens with zero attached hydrogens (tertiary/aromatic N) is 1. The van der Waals surface area contributed by atoms with Crippen LogP contribution in [0, 0.1) is 6.92 Å². The molecule has 0 radical (unpaired) electrons. The zero-order valence-electron chi connectivity index (χ0n) is 13.7. The highest BCUT2D eigenvalue weighted by atomic mass is 16.5. The molecule has 0 aliphatic heterocycles. The highest BCUT2D eigenvalue weighted by Gasteiger charge is 2.14. The predicted octanol–water partition coefficient (Wildman–Crippen LogP) is 2.22. The number of benzene rings is 1. The number of hydrogen-bond acceptors (Lipinski definition) is 3. The monoisotopic (exact) mass is 293 g/mol. The van der Waals surface area contributed by atoms with Gasteiger partial charge in [0.05, 0.1) is 13.2 Å². The number of hydrogen-bond donors (Lipinski definition) is 2. The lowest BCUT2D eigenvalue weighted by molar-refractivity contribution is 0.129. The molecule has 0 aliphatic rings. The molecule has 0 heterocycles. The van der Waals surface area contributed by atoms with Gasteiger partial charge in [-0.25, -0.2) is 4.99 Å². The van der Waals surface area contributed by atoms with E-state index in [1.54, 1.807) is 7.11 Å². The Balaban J connectivity index is 2.76. The summed E-state index contributed by atoms with van der Waals surface area (Å²) in [6.07, 6.45) is 0. The van der Waals surface area contributed by atoms with Gasteiger partial charge in [-0.15, -0.1) is 0 Å². The molecule has 0 atom stereocenters. The maximum Gasteiger partial charge on any atom is 0.189 e. The van der Waals surface area contributed by atoms with Crippen LogP contribution in [0.5, 0.6) is 5.75 Å². The molecule has 0 fully saturated rings. The average molecular weight is 293 g/mol. The SMILES string of the molecule is COCCNC(N)=NCc1ccc(C)cc1OC(C)(C)C. The Morgan fingerprint density at radius 2 is 2.05 bits per heavy atom. The molecule has 0 aliphatic carbocycles. The van der Waals surface area contributed by atoms with Crippen LogP contribution in [-0.2, 0) is 11.3 Å². The van der Waals surface area contributed by atoms with Gasteiger partial charge < -0.3 is 20.5 Å². The number of ether oxygens (including phenoxy) is 2. The first kappa shape index (κ1) is 17.3. The first-order valence-electron chi connectivity index (χ1n) is 7.13. The second-order valence-electron chi connectivity index (χ2n) is 5.95. The molecule has 0 saturated heterocycles. The van der Waals surface area contributed by atoms with E-state index in [1.807, 2.05) is 39.8 Å². The van der Waals surface area contributed by atoms with Crippen molar-refractivity contribution in [2.75, 3.05) is 20.3 Å². The molecule has 0 aromatic heterocycles. The molecule has 0 amide bonds. The van der Waals surface area contributed by atoms with E-state index in [9.17, 15) is 0 Å². The molecule has 0 saturated carbocycles. The summed E-state index contributed by atoms with van der Waals surface area (Å²) in [5.74, 6) is 1.27. The molecule has 0 bridgehead atoms. The van der Waals surface area contributed by atoms with Crippen molar-refractivity contribution in [3.63, 3.8) is 0 Å². The Labute approximate surface area is 127 Å². The summed E-state index contributed by atoms with van der Waals surface area (Å²) in [6, 6.07) is 6.11. The number of aliphatic imine (C=N–C) groups is 1. The molecule has 1 rings (SSSR count). The van der Waals surface area contributed by atoms with Crippen molar-refractivity contribution in [2.45, 2.75) is 39.8 Å². The van der Waals surface area contributed by atoms with Crippen LogP contribution in [0.2, 0.25) is 0 Å². The number of guanidine groups is 1. The average Bonchev–Trinajstić information content (AvgIpc) is 2.36. The molecule has 5 nitrogen and oxygen atoms in total. The molecule has 0 spiro atoms. The fourth-order valence-corrected chi connectivity index (χ4v) is 1.72. The van der Waals surface area contributed by atoms with Crippen LogP contribution in [0.25, 0.3) is 0 Å². The van der Waals surface area contributed by atoms with E-state index < -0.39 is 0 Å². The lowest BCUT2D eigenvalue weighted by Crippen LogP contribution is -2.34. The smallest absolute Gasteiger partial charge is 0.189 e. The quantitative estimate of drug-likeness (QED) is 0.479. The van der Waals surface area contributed by atoms with Crippen LogP contribution in [-0.4, -0.2) is 31.8 Å². The number of rotatable bonds is 6. The highest BCUT2D eigenvalue weighted by Crippen LogP contribution is 2.25. The maximum atomic E-state index is 5.99. The Kier molecular flexibility index (Phi) is 6.49. The van der Waals surface area contributed by atoms with Crippen molar-refractivity contribution in [3.8, 4) is 5.75 Å². The topological polar surface area (TPSA) is 68.9 Å². The van der Waals surface area contributed by atoms with Gasteiger partial charge in [0.2, 0.25) is 0 Å². The zero-order valence-corrected chi connectivity index (χ0v) is 13.7. The van der Waals surface area contributed by atoms with Gasteiger partial charge >= 0.3 is 0 Å². The normalized spacial score (nSPS) is 12.3. The fourth-order valence-electron chi connectivity index (χ4n) is 1.72. The van der Waals surface area contributed by atoms with Crippen LogP contribution in [0.1, 0.15) is 31.9 Å². The van der Waals surface area contributed by atoms with Crippen molar-refractivity contribution in [3.05, 3.63) is 29.3 Å². The minimum atomic E-state index is -0.242. The van der Waals surface area contributed by atoms with Gasteiger partial charge in [-0.2, -0.15) is 0 Å². The Morgan fingerprint density at radius 1 is 1.33 bits per heavy atom. The lowest BCUT2D eigenvalue weighted by Gasteiger charge is -2.23. The van der Waals surface area contributed by atoms with Crippen molar-refractivity contribution in [1.82, 2.24) is 5.32 Å². The first-order chi connectivity index (χ1) is 9.81. The molecule has 1 aromatic carbocycles. The number of nitrogens with two attached hydrogens (primary N) is 1. The largest absolute Gasteiger partial charge is 0.488 e. The lowest BCUT2D eigenvalue weighted by atomic mass is 10.1. The van der Waals surface area contributed by atoms with Crippen LogP contribution in [0.3, 0.4) is 0 Å². The van der Waals surface area contributed by atoms with E-state index in [4.69, 9.17) is 15.2 Å². The maximum absolute atomic E-state index is 5.99. The van der Waals surface area contributed by atoms with Crippen molar-refractivity contribution >= 4 is 5.96 Å². The Bertz CT molecular complexity index is 479. The second-order valence-corrected chi connectivity index (χ2v) is 5.95. The fraction of sp³-hybridized carbons (Fsp3) is 0.562. The molecule has 118 valence electrons. The highest BCUT2D eigenvalue weighted by molar-refractivity contribution is 5.77. The Morgan fingerprint density at radius 3 is 2.67 bits per heavy atom. The molecule has 1 aromatic rings. The third-order valence-corrected chi connectivity index (χ3v) is 2.67. The standard InChI is InChI=1S/C16H27N3O2/c1-12-6-7-13(14(10-12)21-16(2,3)4)11-19-15(17)18-8-9-20-5/h6-7,10H,8-9,11H2,1-5H3,(H3,17,18,19). The van der Waals surface area contributed by atoms with Crippen molar-refractivity contribution in [1.29, 1.82) is 0 Å². The summed E-state index contributed by atoms with van der Waals surface area (Å²) in [7, 11) is 1.65. The van der Waals surface area contributed by atoms with E-state index in [2.05, 4.69) is 16.4 Å². The van der Waals surface area contributed by atoms with E-state index >= 15 is 0 Å². The summed E-state index contributed by atoms with van der Waals surface area (Å²) in [6.45, 7) is 9.86. The van der Waals surface area contributed by atoms with E-state index in [0.29, 0.717) is 25.7 Å². The summed E-state index contributed by atoms with van der Waals surface area (Å²) < 4.78 is 10.9. The van der Waals surface area contributed by atoms with Crippen LogP contribution in [0.15, 0.2) is 23.2 Å². The molecular weight excluding hydrogens is 266 g/mol. The first-order valence-corrected chi connectivity index (χ1v) is 7.13. The van der Waals surface area contributed by atoms with Gasteiger partial charge in [0.15, 0.2) is 5.96 Å². The van der Waals surface area contributed by atoms with Gasteiger partial charge in [0, 0.05) is 19.2 Å². The minimum Gasteiger partial charge on any atom is -0.488 e. The Hall–Kier alpha value is -1.75. The van der Waals surface area contributed by atoms with Crippen LogP contribution >= 0.6 is 0 Å². The van der Waals surface area contributed by atoms with Gasteiger partial charge in [0.1, 0.15) is 11.4 Å². The summed E-state index contributed by atoms with van der Waals surface area (Å²) >= 11 is 0. The molecule has 3 N–H and O–H groups in total. The van der Waals surface area contributed by atoms with E-state index in [-0.39, 0.29) is 5.60 Å². The molecule has 5 heteroatoms. The van der Waals surface area contributed by atoms with Gasteiger partial charge in [-0.05, 0) is 39.3 Å². The van der Waals surface area contributed by atoms with E-state index in [1.165, 1.54) is 0 Å². The van der Waals surface area contributed by atoms with Gasteiger partial charge in [-0.3, -0.25) is 0 Å².